The first-order valence-electron chi connectivity index (χ1n) is 10.1. The van der Waals surface area contributed by atoms with Crippen LogP contribution in [0.3, 0.4) is 0 Å². The summed E-state index contributed by atoms with van der Waals surface area (Å²) >= 11 is 6.24. The van der Waals surface area contributed by atoms with Gasteiger partial charge in [-0.1, -0.05) is 44.2 Å². The average Bonchev–Trinajstić information content (AvgIpc) is 3.24. The Kier molecular flexibility index (Phi) is 8.74. The van der Waals surface area contributed by atoms with Crippen LogP contribution in [0, 0.1) is 12.8 Å². The van der Waals surface area contributed by atoms with E-state index in [9.17, 15) is 9.18 Å². The molecule has 3 rings (SSSR count). The van der Waals surface area contributed by atoms with E-state index in [2.05, 4.69) is 21.8 Å². The van der Waals surface area contributed by atoms with E-state index in [1.807, 2.05) is 39.0 Å². The van der Waals surface area contributed by atoms with Crippen LogP contribution in [0.25, 0.3) is 11.4 Å². The van der Waals surface area contributed by atoms with Crippen LogP contribution >= 0.6 is 11.6 Å². The van der Waals surface area contributed by atoms with E-state index in [1.165, 1.54) is 0 Å². The Morgan fingerprint density at radius 3 is 2.77 bits per heavy atom. The predicted molar refractivity (Wildman–Crippen MR) is 120 cm³/mol. The summed E-state index contributed by atoms with van der Waals surface area (Å²) in [6.07, 6.45) is 2.63. The van der Waals surface area contributed by atoms with Gasteiger partial charge in [0.25, 0.3) is 5.91 Å². The standard InChI is InChI=1S/C20H23ClFN5O.C2H6/c1-12-3-4-15(7-17(12)21)18-24-9-16(10-25-20(28)13(2)22)19(26-18)27-6-5-14(8-23)11-27;1-2/h3-4,7,9,14H,2,5-6,8,10-11,23H2,1H3,(H,25,28);1-2H3. The Labute approximate surface area is 182 Å². The number of nitrogens with two attached hydrogens (primary N) is 1. The highest BCUT2D eigenvalue weighted by Crippen LogP contribution is 2.29. The van der Waals surface area contributed by atoms with Gasteiger partial charge in [0.05, 0.1) is 0 Å². The van der Waals surface area contributed by atoms with Crippen molar-refractivity contribution in [1.29, 1.82) is 0 Å². The van der Waals surface area contributed by atoms with Gasteiger partial charge in [-0.05, 0) is 37.4 Å². The molecule has 30 heavy (non-hydrogen) atoms. The SMILES string of the molecule is C=C(F)C(=O)NCc1cnc(-c2ccc(C)c(Cl)c2)nc1N1CCC(CN)C1.CC. The van der Waals surface area contributed by atoms with Crippen LogP contribution in [0.15, 0.2) is 36.8 Å². The number of aryl methyl sites for hydroxylation is 1. The fraction of sp³-hybridized carbons (Fsp3) is 0.409. The van der Waals surface area contributed by atoms with Gasteiger partial charge in [0, 0.05) is 42.0 Å². The first-order chi connectivity index (χ1) is 14.4. The molecule has 1 aliphatic rings. The minimum absolute atomic E-state index is 0.107. The number of nitrogens with one attached hydrogen (secondary N) is 1. The monoisotopic (exact) mass is 433 g/mol. The number of amides is 1. The Bertz CT molecular complexity index is 905. The van der Waals surface area contributed by atoms with Gasteiger partial charge >= 0.3 is 0 Å². The molecule has 1 aliphatic heterocycles. The van der Waals surface area contributed by atoms with Crippen LogP contribution in [0.2, 0.25) is 5.02 Å². The molecule has 1 atom stereocenters. The molecule has 3 N–H and O–H groups in total. The zero-order valence-electron chi connectivity index (χ0n) is 17.7. The molecule has 1 saturated heterocycles. The lowest BCUT2D eigenvalue weighted by atomic mass is 10.1. The largest absolute Gasteiger partial charge is 0.356 e. The van der Waals surface area contributed by atoms with Crippen LogP contribution in [0.4, 0.5) is 10.2 Å². The molecular weight excluding hydrogens is 405 g/mol. The van der Waals surface area contributed by atoms with E-state index in [-0.39, 0.29) is 6.54 Å². The molecule has 0 saturated carbocycles. The smallest absolute Gasteiger partial charge is 0.279 e. The lowest BCUT2D eigenvalue weighted by molar-refractivity contribution is -0.119. The highest BCUT2D eigenvalue weighted by Gasteiger charge is 2.25. The molecular formula is C22H29ClFN5O. The number of hydrogen-bond donors (Lipinski definition) is 2. The number of benzene rings is 1. The van der Waals surface area contributed by atoms with Crippen LogP contribution in [0.5, 0.6) is 0 Å². The average molecular weight is 434 g/mol. The first-order valence-corrected chi connectivity index (χ1v) is 10.5. The lowest BCUT2D eigenvalue weighted by Gasteiger charge is -2.21. The van der Waals surface area contributed by atoms with Crippen molar-refractivity contribution in [2.45, 2.75) is 33.7 Å². The third-order valence-corrected chi connectivity index (χ3v) is 5.28. The summed E-state index contributed by atoms with van der Waals surface area (Å²) in [7, 11) is 0. The molecule has 162 valence electrons. The molecule has 1 aromatic heterocycles. The summed E-state index contributed by atoms with van der Waals surface area (Å²) in [6.45, 7) is 11.2. The van der Waals surface area contributed by atoms with Crippen LogP contribution in [-0.4, -0.2) is 35.5 Å². The second kappa shape index (κ2) is 11.0. The van der Waals surface area contributed by atoms with Gasteiger partial charge in [-0.2, -0.15) is 0 Å². The number of halogens is 2. The quantitative estimate of drug-likeness (QED) is 0.672. The molecule has 1 aromatic carbocycles. The molecule has 1 unspecified atom stereocenters. The maximum absolute atomic E-state index is 13.0. The second-order valence-corrected chi connectivity index (χ2v) is 7.34. The number of anilines is 1. The van der Waals surface area contributed by atoms with Crippen molar-refractivity contribution in [1.82, 2.24) is 15.3 Å². The van der Waals surface area contributed by atoms with Gasteiger partial charge in [0.1, 0.15) is 5.82 Å². The topological polar surface area (TPSA) is 84.1 Å². The lowest BCUT2D eigenvalue weighted by Crippen LogP contribution is -2.28. The van der Waals surface area contributed by atoms with E-state index >= 15 is 0 Å². The molecule has 0 bridgehead atoms. The summed E-state index contributed by atoms with van der Waals surface area (Å²) in [5, 5.41) is 3.14. The van der Waals surface area contributed by atoms with E-state index in [0.717, 1.165) is 30.6 Å². The van der Waals surface area contributed by atoms with Crippen LogP contribution in [0.1, 0.15) is 31.4 Å². The number of hydrogen-bond acceptors (Lipinski definition) is 5. The van der Waals surface area contributed by atoms with Crippen molar-refractivity contribution in [2.24, 2.45) is 11.7 Å². The zero-order valence-corrected chi connectivity index (χ0v) is 18.5. The fourth-order valence-corrected chi connectivity index (χ4v) is 3.34. The van der Waals surface area contributed by atoms with Crippen molar-refractivity contribution < 1.29 is 9.18 Å². The molecule has 0 spiro atoms. The Hall–Kier alpha value is -2.51. The first kappa shape index (κ1) is 23.8. The van der Waals surface area contributed by atoms with Gasteiger partial charge in [-0.25, -0.2) is 14.4 Å². The minimum Gasteiger partial charge on any atom is -0.356 e. The van der Waals surface area contributed by atoms with E-state index in [0.29, 0.717) is 34.7 Å². The number of aromatic nitrogens is 2. The Morgan fingerprint density at radius 1 is 1.43 bits per heavy atom. The predicted octanol–water partition coefficient (Wildman–Crippen LogP) is 4.02. The Morgan fingerprint density at radius 2 is 2.17 bits per heavy atom. The fourth-order valence-electron chi connectivity index (χ4n) is 3.16. The van der Waals surface area contributed by atoms with Crippen LogP contribution < -0.4 is 16.0 Å². The number of rotatable bonds is 6. The molecule has 1 fully saturated rings. The minimum atomic E-state index is -1.03. The van der Waals surface area contributed by atoms with Gasteiger partial charge in [-0.15, -0.1) is 0 Å². The van der Waals surface area contributed by atoms with Crippen molar-refractivity contribution in [2.75, 3.05) is 24.5 Å². The summed E-state index contributed by atoms with van der Waals surface area (Å²) in [5.74, 6) is -0.236. The summed E-state index contributed by atoms with van der Waals surface area (Å²) in [4.78, 5) is 22.8. The summed E-state index contributed by atoms with van der Waals surface area (Å²) < 4.78 is 13.0. The van der Waals surface area contributed by atoms with Gasteiger partial charge < -0.3 is 16.0 Å². The number of nitrogens with zero attached hydrogens (tertiary/aromatic N) is 3. The van der Waals surface area contributed by atoms with Gasteiger partial charge in [0.15, 0.2) is 11.7 Å². The van der Waals surface area contributed by atoms with Crippen molar-refractivity contribution in [3.8, 4) is 11.4 Å². The van der Waals surface area contributed by atoms with E-state index < -0.39 is 11.7 Å². The third kappa shape index (κ3) is 5.77. The molecule has 2 aromatic rings. The molecule has 0 radical (unpaired) electrons. The normalized spacial score (nSPS) is 15.4. The third-order valence-electron chi connectivity index (χ3n) is 4.88. The molecule has 2 heterocycles. The Balaban J connectivity index is 0.00000155. The highest BCUT2D eigenvalue weighted by molar-refractivity contribution is 6.31. The number of carbonyl (C=O) groups is 1. The molecule has 0 aliphatic carbocycles. The van der Waals surface area contributed by atoms with E-state index in [1.54, 1.807) is 6.20 Å². The maximum atomic E-state index is 13.0. The molecule has 8 heteroatoms. The van der Waals surface area contributed by atoms with Gasteiger partial charge in [0.2, 0.25) is 0 Å². The molecule has 1 amide bonds. The zero-order chi connectivity index (χ0) is 22.3. The molecule has 6 nitrogen and oxygen atoms in total. The van der Waals surface area contributed by atoms with Crippen LogP contribution in [-0.2, 0) is 11.3 Å². The maximum Gasteiger partial charge on any atom is 0.279 e. The highest BCUT2D eigenvalue weighted by atomic mass is 35.5. The van der Waals surface area contributed by atoms with Gasteiger partial charge in [-0.3, -0.25) is 4.79 Å². The number of carbonyl (C=O) groups excluding carboxylic acids is 1. The summed E-state index contributed by atoms with van der Waals surface area (Å²) in [6, 6.07) is 5.67. The van der Waals surface area contributed by atoms with Crippen molar-refractivity contribution in [3.05, 3.63) is 53.0 Å². The van der Waals surface area contributed by atoms with Crippen molar-refractivity contribution >= 4 is 23.3 Å². The van der Waals surface area contributed by atoms with E-state index in [4.69, 9.17) is 22.3 Å². The second-order valence-electron chi connectivity index (χ2n) is 6.93. The summed E-state index contributed by atoms with van der Waals surface area (Å²) in [5.41, 5.74) is 8.29. The van der Waals surface area contributed by atoms with Crippen molar-refractivity contribution in [3.63, 3.8) is 0 Å².